The lowest BCUT2D eigenvalue weighted by molar-refractivity contribution is -0.161. The van der Waals surface area contributed by atoms with Crippen molar-refractivity contribution in [3.63, 3.8) is 0 Å². The van der Waals surface area contributed by atoms with Gasteiger partial charge in [0, 0.05) is 0 Å². The number of carbonyl (C=O) groups is 2. The summed E-state index contributed by atoms with van der Waals surface area (Å²) in [5.41, 5.74) is 1.90. The monoisotopic (exact) mass is 306 g/mol. The normalized spacial score (nSPS) is 13.5. The van der Waals surface area contributed by atoms with Crippen LogP contribution in [-0.2, 0) is 32.6 Å². The molecule has 0 radical (unpaired) electrons. The van der Waals surface area contributed by atoms with Crippen molar-refractivity contribution in [3.8, 4) is 0 Å². The lowest BCUT2D eigenvalue weighted by Gasteiger charge is -2.31. The van der Waals surface area contributed by atoms with Gasteiger partial charge in [-0.15, -0.1) is 0 Å². The molecule has 0 saturated carbocycles. The number of rotatable bonds is 7. The van der Waals surface area contributed by atoms with Gasteiger partial charge in [-0.2, -0.15) is 0 Å². The summed E-state index contributed by atoms with van der Waals surface area (Å²) in [5.74, 6) is -1.81. The van der Waals surface area contributed by atoms with Crippen molar-refractivity contribution in [1.29, 1.82) is 0 Å². The van der Waals surface area contributed by atoms with Crippen molar-refractivity contribution >= 4 is 11.9 Å². The molecule has 0 bridgehead atoms. The number of esters is 1. The molecule has 22 heavy (non-hydrogen) atoms. The van der Waals surface area contributed by atoms with Gasteiger partial charge in [-0.3, -0.25) is 9.59 Å². The van der Waals surface area contributed by atoms with E-state index < -0.39 is 17.4 Å². The smallest absolute Gasteiger partial charge is 0.328 e. The Kier molecular flexibility index (Phi) is 6.15. The number of ether oxygens (including phenoxy) is 1. The van der Waals surface area contributed by atoms with Crippen LogP contribution in [0, 0.1) is 6.92 Å². The van der Waals surface area contributed by atoms with Gasteiger partial charge in [-0.05, 0) is 49.8 Å². The maximum atomic E-state index is 12.6. The van der Waals surface area contributed by atoms with Crippen LogP contribution in [0.5, 0.6) is 0 Å². The fourth-order valence-corrected chi connectivity index (χ4v) is 3.07. The zero-order valence-electron chi connectivity index (χ0n) is 14.2. The zero-order chi connectivity index (χ0) is 16.9. The number of aliphatic carboxylic acids is 1. The van der Waals surface area contributed by atoms with E-state index in [1.807, 2.05) is 32.9 Å². The molecule has 1 aromatic rings. The van der Waals surface area contributed by atoms with Crippen LogP contribution in [0.15, 0.2) is 12.1 Å². The summed E-state index contributed by atoms with van der Waals surface area (Å²) in [7, 11) is 0. The van der Waals surface area contributed by atoms with E-state index >= 15 is 0 Å². The van der Waals surface area contributed by atoms with Crippen LogP contribution in [0.25, 0.3) is 0 Å². The highest BCUT2D eigenvalue weighted by Gasteiger charge is 2.50. The molecule has 4 heteroatoms. The van der Waals surface area contributed by atoms with Gasteiger partial charge in [0.2, 0.25) is 0 Å². The quantitative estimate of drug-likeness (QED) is 0.619. The second kappa shape index (κ2) is 7.43. The molecule has 4 nitrogen and oxygen atoms in total. The first kappa shape index (κ1) is 18.2. The van der Waals surface area contributed by atoms with Gasteiger partial charge < -0.3 is 9.84 Å². The fraction of sp³-hybridized carbons (Fsp3) is 0.556. The third-order valence-electron chi connectivity index (χ3n) is 4.15. The zero-order valence-corrected chi connectivity index (χ0v) is 14.2. The van der Waals surface area contributed by atoms with E-state index in [0.29, 0.717) is 18.4 Å². The van der Waals surface area contributed by atoms with Crippen LogP contribution in [0.3, 0.4) is 0 Å². The molecule has 0 saturated heterocycles. The summed E-state index contributed by atoms with van der Waals surface area (Å²) in [4.78, 5) is 24.6. The van der Waals surface area contributed by atoms with Gasteiger partial charge >= 0.3 is 11.9 Å². The summed E-state index contributed by atoms with van der Waals surface area (Å²) in [6.45, 7) is 9.53. The molecule has 0 aliphatic rings. The van der Waals surface area contributed by atoms with Crippen LogP contribution >= 0.6 is 0 Å². The summed E-state index contributed by atoms with van der Waals surface area (Å²) >= 11 is 0. The van der Waals surface area contributed by atoms with Gasteiger partial charge in [0.25, 0.3) is 0 Å². The Morgan fingerprint density at radius 1 is 1.09 bits per heavy atom. The first-order valence-corrected chi connectivity index (χ1v) is 7.92. The lowest BCUT2D eigenvalue weighted by Crippen LogP contribution is -2.46. The first-order valence-electron chi connectivity index (χ1n) is 7.92. The Morgan fingerprint density at radius 2 is 1.59 bits per heavy atom. The molecule has 0 fully saturated rings. The minimum atomic E-state index is -1.62. The predicted octanol–water partition coefficient (Wildman–Crippen LogP) is 3.42. The van der Waals surface area contributed by atoms with Gasteiger partial charge in [-0.25, -0.2) is 0 Å². The molecule has 122 valence electrons. The van der Waals surface area contributed by atoms with Crippen molar-refractivity contribution in [2.75, 3.05) is 6.61 Å². The highest BCUT2D eigenvalue weighted by Crippen LogP contribution is 2.36. The van der Waals surface area contributed by atoms with Crippen molar-refractivity contribution in [2.45, 2.75) is 59.3 Å². The highest BCUT2D eigenvalue weighted by molar-refractivity contribution is 6.06. The molecule has 1 rings (SSSR count). The van der Waals surface area contributed by atoms with Gasteiger partial charge in [0.15, 0.2) is 5.41 Å². The second-order valence-corrected chi connectivity index (χ2v) is 5.45. The van der Waals surface area contributed by atoms with E-state index in [-0.39, 0.29) is 13.0 Å². The Hall–Kier alpha value is -1.84. The van der Waals surface area contributed by atoms with Gasteiger partial charge in [0.05, 0.1) is 6.61 Å². The largest absolute Gasteiger partial charge is 0.480 e. The number of aryl methyl sites for hydroxylation is 3. The molecule has 1 unspecified atom stereocenters. The Bertz CT molecular complexity index is 537. The van der Waals surface area contributed by atoms with Crippen LogP contribution < -0.4 is 0 Å². The van der Waals surface area contributed by atoms with Crippen molar-refractivity contribution in [2.24, 2.45) is 0 Å². The predicted molar refractivity (Wildman–Crippen MR) is 86.2 cm³/mol. The fourth-order valence-electron chi connectivity index (χ4n) is 3.07. The highest BCUT2D eigenvalue weighted by atomic mass is 16.5. The van der Waals surface area contributed by atoms with E-state index in [9.17, 15) is 14.7 Å². The third-order valence-corrected chi connectivity index (χ3v) is 4.15. The first-order chi connectivity index (χ1) is 10.4. The molecule has 1 aromatic carbocycles. The van der Waals surface area contributed by atoms with E-state index in [1.165, 1.54) is 0 Å². The number of carboxylic acid groups (broad SMARTS) is 1. The average molecular weight is 306 g/mol. The van der Waals surface area contributed by atoms with E-state index in [4.69, 9.17) is 4.74 Å². The van der Waals surface area contributed by atoms with E-state index in [1.54, 1.807) is 13.8 Å². The van der Waals surface area contributed by atoms with Gasteiger partial charge in [0.1, 0.15) is 0 Å². The molecule has 1 atom stereocenters. The summed E-state index contributed by atoms with van der Waals surface area (Å²) in [6.07, 6.45) is 1.53. The Morgan fingerprint density at radius 3 is 1.91 bits per heavy atom. The molecule has 0 aromatic heterocycles. The van der Waals surface area contributed by atoms with Gasteiger partial charge in [-0.1, -0.05) is 38.5 Å². The van der Waals surface area contributed by atoms with Crippen molar-refractivity contribution < 1.29 is 19.4 Å². The van der Waals surface area contributed by atoms with E-state index in [2.05, 4.69) is 0 Å². The number of carbonyl (C=O) groups excluding carboxylic acids is 1. The van der Waals surface area contributed by atoms with Crippen LogP contribution in [-0.4, -0.2) is 23.7 Å². The summed E-state index contributed by atoms with van der Waals surface area (Å²) in [5, 5.41) is 9.88. The molecule has 0 heterocycles. The number of hydrogen-bond acceptors (Lipinski definition) is 3. The standard InChI is InChI=1S/C18H26O4/c1-6-13-10-12(5)11-14(7-2)15(13)18(8-3,16(19)20)17(21)22-9-4/h10-11H,6-9H2,1-5H3,(H,19,20). The van der Waals surface area contributed by atoms with Crippen LogP contribution in [0.4, 0.5) is 0 Å². The van der Waals surface area contributed by atoms with Crippen LogP contribution in [0.1, 0.15) is 56.4 Å². The van der Waals surface area contributed by atoms with Crippen LogP contribution in [0.2, 0.25) is 0 Å². The molecular formula is C18H26O4. The lowest BCUT2D eigenvalue weighted by atomic mass is 9.72. The number of carboxylic acids is 1. The molecule has 0 aliphatic heterocycles. The van der Waals surface area contributed by atoms with E-state index in [0.717, 1.165) is 16.7 Å². The topological polar surface area (TPSA) is 63.6 Å². The van der Waals surface area contributed by atoms with Crippen molar-refractivity contribution in [1.82, 2.24) is 0 Å². The Labute approximate surface area is 132 Å². The SMILES string of the molecule is CCOC(=O)C(CC)(C(=O)O)c1c(CC)cc(C)cc1CC. The summed E-state index contributed by atoms with van der Waals surface area (Å²) < 4.78 is 5.12. The Balaban J connectivity index is 3.76. The molecule has 0 amide bonds. The maximum Gasteiger partial charge on any atom is 0.328 e. The minimum absolute atomic E-state index is 0.169. The van der Waals surface area contributed by atoms with Crippen molar-refractivity contribution in [3.05, 3.63) is 34.4 Å². The molecular weight excluding hydrogens is 280 g/mol. The number of hydrogen-bond donors (Lipinski definition) is 1. The summed E-state index contributed by atoms with van der Waals surface area (Å²) in [6, 6.07) is 3.95. The average Bonchev–Trinajstić information content (AvgIpc) is 2.48. The maximum absolute atomic E-state index is 12.6. The molecule has 1 N–H and O–H groups in total. The molecule has 0 aliphatic carbocycles. The third kappa shape index (κ3) is 3.01. The second-order valence-electron chi connectivity index (χ2n) is 5.45. The number of benzene rings is 1. The molecule has 0 spiro atoms. The minimum Gasteiger partial charge on any atom is -0.480 e.